The second-order valence-corrected chi connectivity index (χ2v) is 8.19. The lowest BCUT2D eigenvalue weighted by Gasteiger charge is -2.36. The number of alkyl halides is 3. The summed E-state index contributed by atoms with van der Waals surface area (Å²) in [6.07, 6.45) is -1.62. The quantitative estimate of drug-likeness (QED) is 0.654. The first-order valence-corrected chi connectivity index (χ1v) is 10.8. The number of halogens is 4. The van der Waals surface area contributed by atoms with Gasteiger partial charge >= 0.3 is 6.18 Å². The number of hydrogen-bond acceptors (Lipinski definition) is 5. The van der Waals surface area contributed by atoms with Crippen LogP contribution in [0.2, 0.25) is 5.02 Å². The van der Waals surface area contributed by atoms with Crippen LogP contribution >= 0.6 is 11.6 Å². The van der Waals surface area contributed by atoms with Crippen LogP contribution in [0.1, 0.15) is 28.8 Å². The fraction of sp³-hybridized carbons (Fsp3) is 0.455. The van der Waals surface area contributed by atoms with Gasteiger partial charge < -0.3 is 19.3 Å². The molecule has 2 saturated heterocycles. The van der Waals surface area contributed by atoms with Crippen LogP contribution in [0, 0.1) is 0 Å². The number of carbonyl (C=O) groups excluding carboxylic acids is 1. The largest absolute Gasteiger partial charge is 0.491 e. The molecule has 6 nitrogen and oxygen atoms in total. The molecule has 2 fully saturated rings. The lowest BCUT2D eigenvalue weighted by Crippen LogP contribution is -2.49. The number of carbonyl (C=O) groups is 1. The van der Waals surface area contributed by atoms with Crippen LogP contribution in [0.25, 0.3) is 0 Å². The molecule has 10 heteroatoms. The predicted octanol–water partition coefficient (Wildman–Crippen LogP) is 4.27. The molecule has 0 aliphatic carbocycles. The SMILES string of the molecule is O=C(c1cccc(OC[C@@H]2CCCO2)c1)N1CCN(c2ncc(C(F)(F)F)cc2Cl)CC1. The lowest BCUT2D eigenvalue weighted by molar-refractivity contribution is -0.137. The molecule has 2 aliphatic heterocycles. The molecule has 172 valence electrons. The Bertz CT molecular complexity index is 959. The summed E-state index contributed by atoms with van der Waals surface area (Å²) >= 11 is 6.05. The van der Waals surface area contributed by atoms with E-state index in [-0.39, 0.29) is 22.9 Å². The summed E-state index contributed by atoms with van der Waals surface area (Å²) in [6.45, 7) is 2.85. The van der Waals surface area contributed by atoms with Gasteiger partial charge in [0.05, 0.1) is 16.7 Å². The summed E-state index contributed by atoms with van der Waals surface area (Å²) in [7, 11) is 0. The van der Waals surface area contributed by atoms with Crippen molar-refractivity contribution in [3.63, 3.8) is 0 Å². The van der Waals surface area contributed by atoms with Crippen molar-refractivity contribution >= 4 is 23.3 Å². The van der Waals surface area contributed by atoms with Gasteiger partial charge in [0.2, 0.25) is 0 Å². The molecule has 2 aliphatic rings. The number of pyridine rings is 1. The van der Waals surface area contributed by atoms with Crippen molar-refractivity contribution < 1.29 is 27.4 Å². The third-order valence-corrected chi connectivity index (χ3v) is 5.83. The summed E-state index contributed by atoms with van der Waals surface area (Å²) in [6, 6.07) is 7.92. The van der Waals surface area contributed by atoms with Crippen LogP contribution < -0.4 is 9.64 Å². The van der Waals surface area contributed by atoms with Crippen molar-refractivity contribution in [2.45, 2.75) is 25.1 Å². The van der Waals surface area contributed by atoms with E-state index in [0.29, 0.717) is 44.1 Å². The van der Waals surface area contributed by atoms with Crippen LogP contribution in [0.4, 0.5) is 19.0 Å². The summed E-state index contributed by atoms with van der Waals surface area (Å²) in [4.78, 5) is 20.3. The molecule has 0 spiro atoms. The maximum absolute atomic E-state index is 12.9. The fourth-order valence-corrected chi connectivity index (χ4v) is 4.09. The number of nitrogens with zero attached hydrogens (tertiary/aromatic N) is 3. The highest BCUT2D eigenvalue weighted by atomic mass is 35.5. The molecule has 1 aromatic heterocycles. The number of ether oxygens (including phenoxy) is 2. The van der Waals surface area contributed by atoms with Gasteiger partial charge in [0, 0.05) is 44.5 Å². The third kappa shape index (κ3) is 5.27. The first-order valence-electron chi connectivity index (χ1n) is 10.4. The topological polar surface area (TPSA) is 54.9 Å². The van der Waals surface area contributed by atoms with E-state index in [9.17, 15) is 18.0 Å². The Morgan fingerprint density at radius 3 is 2.66 bits per heavy atom. The average molecular weight is 470 g/mol. The molecule has 0 unspecified atom stereocenters. The normalized spacial score (nSPS) is 19.3. The van der Waals surface area contributed by atoms with Crippen LogP contribution in [0.3, 0.4) is 0 Å². The van der Waals surface area contributed by atoms with Gasteiger partial charge in [-0.05, 0) is 37.1 Å². The minimum Gasteiger partial charge on any atom is -0.491 e. The highest BCUT2D eigenvalue weighted by Gasteiger charge is 2.32. The van der Waals surface area contributed by atoms with Crippen molar-refractivity contribution in [2.24, 2.45) is 0 Å². The minimum absolute atomic E-state index is 0.0595. The Hall–Kier alpha value is -2.52. The highest BCUT2D eigenvalue weighted by Crippen LogP contribution is 2.33. The van der Waals surface area contributed by atoms with Crippen molar-refractivity contribution in [1.29, 1.82) is 0 Å². The van der Waals surface area contributed by atoms with E-state index in [1.807, 2.05) is 6.07 Å². The highest BCUT2D eigenvalue weighted by molar-refractivity contribution is 6.33. The summed E-state index contributed by atoms with van der Waals surface area (Å²) in [5.74, 6) is 0.778. The van der Waals surface area contributed by atoms with Crippen LogP contribution in [-0.2, 0) is 10.9 Å². The Balaban J connectivity index is 1.35. The summed E-state index contributed by atoms with van der Waals surface area (Å²) < 4.78 is 49.8. The van der Waals surface area contributed by atoms with Gasteiger partial charge in [-0.25, -0.2) is 4.98 Å². The molecule has 0 radical (unpaired) electrons. The third-order valence-electron chi connectivity index (χ3n) is 5.56. The number of anilines is 1. The second kappa shape index (κ2) is 9.54. The molecule has 4 rings (SSSR count). The Kier molecular flexibility index (Phi) is 6.76. The molecule has 1 amide bonds. The molecule has 2 aromatic rings. The predicted molar refractivity (Wildman–Crippen MR) is 113 cm³/mol. The molecule has 3 heterocycles. The van der Waals surface area contributed by atoms with E-state index in [1.54, 1.807) is 28.0 Å². The van der Waals surface area contributed by atoms with Gasteiger partial charge in [-0.2, -0.15) is 13.2 Å². The van der Waals surface area contributed by atoms with E-state index in [4.69, 9.17) is 21.1 Å². The maximum Gasteiger partial charge on any atom is 0.417 e. The van der Waals surface area contributed by atoms with Gasteiger partial charge in [-0.15, -0.1) is 0 Å². The van der Waals surface area contributed by atoms with E-state index in [1.165, 1.54) is 0 Å². The fourth-order valence-electron chi connectivity index (χ4n) is 3.81. The summed E-state index contributed by atoms with van der Waals surface area (Å²) in [5.41, 5.74) is -0.365. The van der Waals surface area contributed by atoms with Crippen molar-refractivity contribution in [1.82, 2.24) is 9.88 Å². The zero-order valence-electron chi connectivity index (χ0n) is 17.3. The second-order valence-electron chi connectivity index (χ2n) is 7.78. The van der Waals surface area contributed by atoms with Crippen molar-refractivity contribution in [3.05, 3.63) is 52.7 Å². The molecule has 1 aromatic carbocycles. The number of rotatable bonds is 5. The summed E-state index contributed by atoms with van der Waals surface area (Å²) in [5, 5.41) is -0.0595. The molecule has 0 saturated carbocycles. The van der Waals surface area contributed by atoms with Gasteiger partial charge in [0.25, 0.3) is 5.91 Å². The molecular formula is C22H23ClF3N3O3. The van der Waals surface area contributed by atoms with E-state index in [2.05, 4.69) is 4.98 Å². The Morgan fingerprint density at radius 2 is 2.00 bits per heavy atom. The average Bonchev–Trinajstić information content (AvgIpc) is 3.31. The smallest absolute Gasteiger partial charge is 0.417 e. The van der Waals surface area contributed by atoms with Crippen LogP contribution in [0.15, 0.2) is 36.5 Å². The standard InChI is InChI=1S/C22H23ClF3N3O3/c23-19-12-16(22(24,25)26)13-27-20(19)28-6-8-29(9-7-28)21(30)15-3-1-4-17(11-15)32-14-18-5-2-10-31-18/h1,3-4,11-13,18H,2,5-10,14H2/t18-/m0/s1. The molecular weight excluding hydrogens is 447 g/mol. The van der Waals surface area contributed by atoms with E-state index < -0.39 is 11.7 Å². The first-order chi connectivity index (χ1) is 15.3. The van der Waals surface area contributed by atoms with Gasteiger partial charge in [-0.1, -0.05) is 17.7 Å². The number of hydrogen-bond donors (Lipinski definition) is 0. The Morgan fingerprint density at radius 1 is 1.22 bits per heavy atom. The Labute approximate surface area is 188 Å². The number of benzene rings is 1. The zero-order valence-corrected chi connectivity index (χ0v) is 18.0. The maximum atomic E-state index is 12.9. The van der Waals surface area contributed by atoms with E-state index >= 15 is 0 Å². The lowest BCUT2D eigenvalue weighted by atomic mass is 10.1. The number of piperazine rings is 1. The molecule has 0 bridgehead atoms. The van der Waals surface area contributed by atoms with Crippen LogP contribution in [0.5, 0.6) is 5.75 Å². The minimum atomic E-state index is -4.50. The van der Waals surface area contributed by atoms with Crippen LogP contribution in [-0.4, -0.2) is 61.3 Å². The van der Waals surface area contributed by atoms with Gasteiger partial charge in [0.15, 0.2) is 0 Å². The number of aromatic nitrogens is 1. The van der Waals surface area contributed by atoms with Crippen molar-refractivity contribution in [3.8, 4) is 5.75 Å². The van der Waals surface area contributed by atoms with Crippen molar-refractivity contribution in [2.75, 3.05) is 44.3 Å². The molecule has 1 atom stereocenters. The molecule has 32 heavy (non-hydrogen) atoms. The first kappa shape index (κ1) is 22.7. The van der Waals surface area contributed by atoms with Gasteiger partial charge in [0.1, 0.15) is 18.2 Å². The van der Waals surface area contributed by atoms with Gasteiger partial charge in [-0.3, -0.25) is 4.79 Å². The van der Waals surface area contributed by atoms with E-state index in [0.717, 1.165) is 31.7 Å². The number of amides is 1. The molecule has 0 N–H and O–H groups in total. The zero-order chi connectivity index (χ0) is 22.7. The monoisotopic (exact) mass is 469 g/mol.